The van der Waals surface area contributed by atoms with Crippen molar-refractivity contribution in [2.75, 3.05) is 0 Å². The third-order valence-electron chi connectivity index (χ3n) is 5.48. The number of amides is 1. The number of H-pyrrole nitrogens is 1. The van der Waals surface area contributed by atoms with E-state index in [0.717, 1.165) is 25.7 Å². The number of benzene rings is 2. The van der Waals surface area contributed by atoms with Gasteiger partial charge in [-0.05, 0) is 24.5 Å². The minimum absolute atomic E-state index is 0.101. The van der Waals surface area contributed by atoms with Gasteiger partial charge in [-0.15, -0.1) is 0 Å². The summed E-state index contributed by atoms with van der Waals surface area (Å²) in [6, 6.07) is 12.4. The highest BCUT2D eigenvalue weighted by molar-refractivity contribution is 5.85. The number of nitro groups is 1. The van der Waals surface area contributed by atoms with Crippen LogP contribution in [0.5, 0.6) is 0 Å². The number of nitro benzene ring substituents is 1. The zero-order valence-corrected chi connectivity index (χ0v) is 15.8. The second kappa shape index (κ2) is 7.90. The lowest BCUT2D eigenvalue weighted by Crippen LogP contribution is -2.43. The number of fused-ring (bicyclic) bond motifs is 1. The van der Waals surface area contributed by atoms with E-state index in [4.69, 9.17) is 0 Å². The maximum atomic E-state index is 13.2. The zero-order chi connectivity index (χ0) is 20.4. The summed E-state index contributed by atoms with van der Waals surface area (Å²) in [5.41, 5.74) is 0.496. The smallest absolute Gasteiger partial charge is 0.275 e. The van der Waals surface area contributed by atoms with Crippen molar-refractivity contribution in [2.24, 2.45) is 0 Å². The average Bonchev–Trinajstić information content (AvgIpc) is 3.05. The monoisotopic (exact) mass is 394 g/mol. The van der Waals surface area contributed by atoms with Gasteiger partial charge in [0.25, 0.3) is 11.2 Å². The van der Waals surface area contributed by atoms with E-state index in [0.29, 0.717) is 11.1 Å². The molecule has 1 aromatic heterocycles. The molecule has 1 heterocycles. The van der Waals surface area contributed by atoms with E-state index in [1.54, 1.807) is 12.1 Å². The fourth-order valence-electron chi connectivity index (χ4n) is 3.99. The molecule has 0 bridgehead atoms. The minimum atomic E-state index is -0.878. The predicted octanol–water partition coefficient (Wildman–Crippen LogP) is 3.28. The van der Waals surface area contributed by atoms with Gasteiger partial charge in [-0.1, -0.05) is 49.6 Å². The Balaban J connectivity index is 1.77. The maximum absolute atomic E-state index is 13.2. The number of hydrogen-bond donors (Lipinski definition) is 2. The molecule has 0 aliphatic heterocycles. The number of carbonyl (C=O) groups is 1. The van der Waals surface area contributed by atoms with Crippen LogP contribution in [0.25, 0.3) is 10.9 Å². The molecule has 1 saturated carbocycles. The molecule has 2 N–H and O–H groups in total. The Morgan fingerprint density at radius 1 is 1.14 bits per heavy atom. The molecule has 1 aliphatic carbocycles. The first-order valence-electron chi connectivity index (χ1n) is 9.78. The van der Waals surface area contributed by atoms with Crippen LogP contribution in [0.3, 0.4) is 0 Å². The molecule has 3 aromatic rings. The molecule has 29 heavy (non-hydrogen) atoms. The van der Waals surface area contributed by atoms with Crippen LogP contribution in [0.4, 0.5) is 5.69 Å². The van der Waals surface area contributed by atoms with E-state index < -0.39 is 16.5 Å². The van der Waals surface area contributed by atoms with Crippen molar-refractivity contribution < 1.29 is 9.72 Å². The largest absolute Gasteiger partial charge is 0.351 e. The molecule has 1 amide bonds. The van der Waals surface area contributed by atoms with Gasteiger partial charge in [0.05, 0.1) is 15.8 Å². The molecule has 1 unspecified atom stereocenters. The third-order valence-corrected chi connectivity index (χ3v) is 5.48. The van der Waals surface area contributed by atoms with Crippen molar-refractivity contribution in [3.05, 3.63) is 74.6 Å². The highest BCUT2D eigenvalue weighted by Gasteiger charge is 2.28. The number of nitrogens with zero attached hydrogens (tertiary/aromatic N) is 2. The van der Waals surface area contributed by atoms with Crippen LogP contribution < -0.4 is 10.9 Å². The molecule has 1 atom stereocenters. The Morgan fingerprint density at radius 2 is 1.86 bits per heavy atom. The molecule has 1 aliphatic rings. The standard InChI is InChI=1S/C21H22N4O4/c26-20(22-15-9-5-2-6-10-15)19(14-7-3-1-4-8-14)24-21(27)17-13-16(25(28)29)11-12-18(17)23-24/h1,3-4,7-8,11-13,15,19,23H,2,5-6,9-10H2,(H,22,26). The number of carbonyl (C=O) groups excluding carboxylic acids is 1. The fraction of sp³-hybridized carbons (Fsp3) is 0.333. The second-order valence-electron chi connectivity index (χ2n) is 7.43. The summed E-state index contributed by atoms with van der Waals surface area (Å²) in [5, 5.41) is 17.3. The van der Waals surface area contributed by atoms with E-state index in [2.05, 4.69) is 10.4 Å². The number of rotatable bonds is 5. The van der Waals surface area contributed by atoms with Gasteiger partial charge in [-0.25, -0.2) is 4.68 Å². The summed E-state index contributed by atoms with van der Waals surface area (Å²) in [6.45, 7) is 0. The van der Waals surface area contributed by atoms with Gasteiger partial charge < -0.3 is 5.32 Å². The summed E-state index contributed by atoms with van der Waals surface area (Å²) in [7, 11) is 0. The van der Waals surface area contributed by atoms with Crippen LogP contribution in [0, 0.1) is 10.1 Å². The topological polar surface area (TPSA) is 110 Å². The Morgan fingerprint density at radius 3 is 2.55 bits per heavy atom. The van der Waals surface area contributed by atoms with Crippen LogP contribution in [0.1, 0.15) is 43.7 Å². The van der Waals surface area contributed by atoms with Crippen molar-refractivity contribution >= 4 is 22.5 Å². The summed E-state index contributed by atoms with van der Waals surface area (Å²) >= 11 is 0. The van der Waals surface area contributed by atoms with Gasteiger partial charge in [0, 0.05) is 18.2 Å². The lowest BCUT2D eigenvalue weighted by molar-refractivity contribution is -0.384. The normalized spacial score (nSPS) is 15.9. The van der Waals surface area contributed by atoms with Crippen molar-refractivity contribution in [2.45, 2.75) is 44.2 Å². The molecule has 150 valence electrons. The Hall–Kier alpha value is -3.42. The van der Waals surface area contributed by atoms with Crippen LogP contribution in [-0.2, 0) is 4.79 Å². The molecule has 8 heteroatoms. The van der Waals surface area contributed by atoms with Crippen LogP contribution in [0.15, 0.2) is 53.3 Å². The van der Waals surface area contributed by atoms with E-state index in [1.807, 2.05) is 18.2 Å². The minimum Gasteiger partial charge on any atom is -0.351 e. The lowest BCUT2D eigenvalue weighted by Gasteiger charge is -2.26. The number of non-ortho nitro benzene ring substituents is 1. The van der Waals surface area contributed by atoms with Gasteiger partial charge in [0.15, 0.2) is 6.04 Å². The van der Waals surface area contributed by atoms with Gasteiger partial charge in [0.2, 0.25) is 5.91 Å². The SMILES string of the molecule is O=C(NC1CCCCC1)C(c1ccccc1)n1[nH]c2ccc([N+](=O)[O-])cc2c1=O. The van der Waals surface area contributed by atoms with Gasteiger partial charge in [-0.3, -0.25) is 24.8 Å². The molecular weight excluding hydrogens is 372 g/mol. The molecule has 0 spiro atoms. The molecule has 2 aromatic carbocycles. The summed E-state index contributed by atoms with van der Waals surface area (Å²) in [6.07, 6.45) is 5.20. The average molecular weight is 394 g/mol. The first kappa shape index (κ1) is 18.9. The highest BCUT2D eigenvalue weighted by atomic mass is 16.6. The quantitative estimate of drug-likeness (QED) is 0.511. The molecule has 0 saturated heterocycles. The van der Waals surface area contributed by atoms with Gasteiger partial charge in [-0.2, -0.15) is 0 Å². The molecule has 8 nitrogen and oxygen atoms in total. The van der Waals surface area contributed by atoms with Gasteiger partial charge >= 0.3 is 0 Å². The summed E-state index contributed by atoms with van der Waals surface area (Å²) in [4.78, 5) is 36.8. The highest BCUT2D eigenvalue weighted by Crippen LogP contribution is 2.23. The first-order valence-corrected chi connectivity index (χ1v) is 9.78. The van der Waals surface area contributed by atoms with E-state index in [-0.39, 0.29) is 23.0 Å². The van der Waals surface area contributed by atoms with Gasteiger partial charge in [0.1, 0.15) is 0 Å². The van der Waals surface area contributed by atoms with E-state index >= 15 is 0 Å². The molecular formula is C21H22N4O4. The van der Waals surface area contributed by atoms with Crippen molar-refractivity contribution in [1.29, 1.82) is 0 Å². The zero-order valence-electron chi connectivity index (χ0n) is 15.8. The maximum Gasteiger partial charge on any atom is 0.275 e. The predicted molar refractivity (Wildman–Crippen MR) is 109 cm³/mol. The molecule has 4 rings (SSSR count). The molecule has 0 radical (unpaired) electrons. The van der Waals surface area contributed by atoms with Crippen LogP contribution >= 0.6 is 0 Å². The Bertz CT molecular complexity index is 1100. The Kier molecular flexibility index (Phi) is 5.16. The van der Waals surface area contributed by atoms with Crippen molar-refractivity contribution in [3.8, 4) is 0 Å². The van der Waals surface area contributed by atoms with Crippen LogP contribution in [0.2, 0.25) is 0 Å². The van der Waals surface area contributed by atoms with Crippen molar-refractivity contribution in [1.82, 2.24) is 15.1 Å². The fourth-order valence-corrected chi connectivity index (χ4v) is 3.99. The van der Waals surface area contributed by atoms with E-state index in [1.165, 1.54) is 29.3 Å². The number of aromatic nitrogens is 2. The van der Waals surface area contributed by atoms with Crippen LogP contribution in [-0.4, -0.2) is 26.7 Å². The van der Waals surface area contributed by atoms with E-state index in [9.17, 15) is 19.7 Å². The van der Waals surface area contributed by atoms with Crippen molar-refractivity contribution in [3.63, 3.8) is 0 Å². The molecule has 1 fully saturated rings. The first-order chi connectivity index (χ1) is 14.0. The number of hydrogen-bond acceptors (Lipinski definition) is 4. The summed E-state index contributed by atoms with van der Waals surface area (Å²) in [5.74, 6) is -0.258. The number of aromatic amines is 1. The summed E-state index contributed by atoms with van der Waals surface area (Å²) < 4.78 is 1.27. The third kappa shape index (κ3) is 3.78. The second-order valence-corrected chi connectivity index (χ2v) is 7.43. The Labute approximate surface area is 166 Å². The number of nitrogens with one attached hydrogen (secondary N) is 2. The lowest BCUT2D eigenvalue weighted by atomic mass is 9.95.